The van der Waals surface area contributed by atoms with Crippen LogP contribution in [0.3, 0.4) is 0 Å². The Morgan fingerprint density at radius 1 is 1.36 bits per heavy atom. The lowest BCUT2D eigenvalue weighted by Gasteiger charge is -2.22. The highest BCUT2D eigenvalue weighted by atomic mass is 17.4. The number of carbonyl (C=O) groups is 3. The summed E-state index contributed by atoms with van der Waals surface area (Å²) in [6.07, 6.45) is 0. The Morgan fingerprint density at radius 2 is 1.82 bits per heavy atom. The van der Waals surface area contributed by atoms with Crippen LogP contribution in [0.5, 0.6) is 0 Å². The van der Waals surface area contributed by atoms with Gasteiger partial charge in [-0.1, -0.05) is 0 Å². The van der Waals surface area contributed by atoms with Gasteiger partial charge in [-0.25, -0.2) is 0 Å². The Morgan fingerprint density at radius 3 is 2.09 bits per heavy atom. The molecule has 2 aliphatic rings. The number of hydrogen-bond acceptors (Lipinski definition) is 5. The largest absolute Gasteiger partial charge is 0.350 e. The van der Waals surface area contributed by atoms with Crippen molar-refractivity contribution in [3.05, 3.63) is 0 Å². The molecular weight excluding hydrogens is 152 g/mol. The SMILES string of the molecule is CC(=O)C1C(=O)C2(OO2)C1=O. The molecule has 1 aliphatic carbocycles. The van der Waals surface area contributed by atoms with E-state index in [-0.39, 0.29) is 0 Å². The maximum Gasteiger partial charge on any atom is 0.350 e. The van der Waals surface area contributed by atoms with Gasteiger partial charge < -0.3 is 0 Å². The highest BCUT2D eigenvalue weighted by Crippen LogP contribution is 2.45. The zero-order chi connectivity index (χ0) is 8.22. The Hall–Kier alpha value is -1.07. The van der Waals surface area contributed by atoms with Crippen molar-refractivity contribution >= 4 is 17.3 Å². The first-order chi connectivity index (χ1) is 5.09. The third-order valence-electron chi connectivity index (χ3n) is 1.83. The van der Waals surface area contributed by atoms with E-state index in [1.165, 1.54) is 6.92 Å². The molecule has 0 N–H and O–H groups in total. The lowest BCUT2D eigenvalue weighted by atomic mass is 9.75. The van der Waals surface area contributed by atoms with Gasteiger partial charge in [-0.05, 0) is 6.92 Å². The molecule has 0 bridgehead atoms. The molecule has 2 fully saturated rings. The van der Waals surface area contributed by atoms with Gasteiger partial charge in [0.15, 0.2) is 0 Å². The Bertz CT molecular complexity index is 257. The monoisotopic (exact) mass is 156 g/mol. The minimum absolute atomic E-state index is 0.454. The third-order valence-corrected chi connectivity index (χ3v) is 1.83. The minimum atomic E-state index is -1.66. The van der Waals surface area contributed by atoms with Crippen LogP contribution in [0.2, 0.25) is 0 Å². The highest BCUT2D eigenvalue weighted by molar-refractivity contribution is 6.39. The third kappa shape index (κ3) is 0.550. The lowest BCUT2D eigenvalue weighted by molar-refractivity contribution is -0.157. The van der Waals surface area contributed by atoms with Crippen molar-refractivity contribution in [1.29, 1.82) is 0 Å². The first kappa shape index (κ1) is 6.63. The summed E-state index contributed by atoms with van der Waals surface area (Å²) in [7, 11) is 0. The van der Waals surface area contributed by atoms with E-state index in [2.05, 4.69) is 9.78 Å². The summed E-state index contributed by atoms with van der Waals surface area (Å²) >= 11 is 0. The van der Waals surface area contributed by atoms with Crippen LogP contribution in [0.1, 0.15) is 6.92 Å². The van der Waals surface area contributed by atoms with Crippen molar-refractivity contribution in [3.63, 3.8) is 0 Å². The first-order valence-electron chi connectivity index (χ1n) is 3.05. The molecular formula is C6H4O5. The Labute approximate surface area is 61.2 Å². The van der Waals surface area contributed by atoms with E-state index in [0.29, 0.717) is 0 Å². The van der Waals surface area contributed by atoms with Crippen LogP contribution < -0.4 is 0 Å². The molecule has 0 aromatic carbocycles. The minimum Gasteiger partial charge on any atom is -0.299 e. The second-order valence-electron chi connectivity index (χ2n) is 2.56. The molecule has 1 heterocycles. The van der Waals surface area contributed by atoms with Crippen LogP contribution in [0.15, 0.2) is 0 Å². The second-order valence-corrected chi connectivity index (χ2v) is 2.56. The van der Waals surface area contributed by atoms with E-state index in [4.69, 9.17) is 0 Å². The number of hydrogen-bond donors (Lipinski definition) is 0. The first-order valence-corrected chi connectivity index (χ1v) is 3.05. The van der Waals surface area contributed by atoms with Gasteiger partial charge in [-0.2, -0.15) is 9.78 Å². The van der Waals surface area contributed by atoms with Crippen LogP contribution in [-0.2, 0) is 24.2 Å². The van der Waals surface area contributed by atoms with Gasteiger partial charge in [0.25, 0.3) is 0 Å². The lowest BCUT2D eigenvalue weighted by Crippen LogP contribution is -2.58. The Balaban J connectivity index is 2.26. The van der Waals surface area contributed by atoms with E-state index in [1.54, 1.807) is 0 Å². The summed E-state index contributed by atoms with van der Waals surface area (Å²) in [5.41, 5.74) is 0. The van der Waals surface area contributed by atoms with Crippen LogP contribution in [0, 0.1) is 5.92 Å². The van der Waals surface area contributed by atoms with Crippen LogP contribution in [-0.4, -0.2) is 23.1 Å². The average molecular weight is 156 g/mol. The molecule has 0 unspecified atom stereocenters. The van der Waals surface area contributed by atoms with Crippen molar-refractivity contribution in [1.82, 2.24) is 0 Å². The Kier molecular flexibility index (Phi) is 0.944. The number of carbonyl (C=O) groups excluding carboxylic acids is 3. The molecule has 11 heavy (non-hydrogen) atoms. The fourth-order valence-electron chi connectivity index (χ4n) is 1.12. The standard InChI is InChI=1S/C6H4O5/c1-2(7)3-4(8)6(5(3)9)10-11-6/h3H,1H3. The molecule has 5 nitrogen and oxygen atoms in total. The van der Waals surface area contributed by atoms with E-state index in [9.17, 15) is 14.4 Å². The van der Waals surface area contributed by atoms with Gasteiger partial charge in [0.1, 0.15) is 11.7 Å². The van der Waals surface area contributed by atoms with Crippen molar-refractivity contribution in [2.24, 2.45) is 5.92 Å². The van der Waals surface area contributed by atoms with E-state index in [1.807, 2.05) is 0 Å². The quantitative estimate of drug-likeness (QED) is 0.276. The summed E-state index contributed by atoms with van der Waals surface area (Å²) in [4.78, 5) is 40.8. The van der Waals surface area contributed by atoms with E-state index < -0.39 is 29.1 Å². The van der Waals surface area contributed by atoms with Crippen molar-refractivity contribution < 1.29 is 24.2 Å². The molecule has 1 aliphatic heterocycles. The van der Waals surface area contributed by atoms with Crippen LogP contribution >= 0.6 is 0 Å². The van der Waals surface area contributed by atoms with Gasteiger partial charge in [0, 0.05) is 0 Å². The summed E-state index contributed by atoms with van der Waals surface area (Å²) in [6, 6.07) is 0. The molecule has 0 aromatic rings. The average Bonchev–Trinajstić information content (AvgIpc) is 2.66. The highest BCUT2D eigenvalue weighted by Gasteiger charge is 2.77. The molecule has 0 atom stereocenters. The fraction of sp³-hybridized carbons (Fsp3) is 0.500. The molecule has 1 spiro atoms. The van der Waals surface area contributed by atoms with Gasteiger partial charge in [0.2, 0.25) is 11.6 Å². The van der Waals surface area contributed by atoms with Crippen molar-refractivity contribution in [3.8, 4) is 0 Å². The molecule has 2 rings (SSSR count). The van der Waals surface area contributed by atoms with Gasteiger partial charge in [-0.3, -0.25) is 14.4 Å². The van der Waals surface area contributed by atoms with Crippen LogP contribution in [0.25, 0.3) is 0 Å². The van der Waals surface area contributed by atoms with Crippen molar-refractivity contribution in [2.45, 2.75) is 12.7 Å². The predicted octanol–water partition coefficient (Wildman–Crippen LogP) is -0.999. The molecule has 1 saturated carbocycles. The van der Waals surface area contributed by atoms with Gasteiger partial charge in [-0.15, -0.1) is 0 Å². The molecule has 0 radical (unpaired) electrons. The number of ketones is 3. The predicted molar refractivity (Wildman–Crippen MR) is 29.1 cm³/mol. The van der Waals surface area contributed by atoms with Crippen molar-refractivity contribution in [2.75, 3.05) is 0 Å². The summed E-state index contributed by atoms with van der Waals surface area (Å²) in [5, 5.41) is 0. The molecule has 0 amide bonds. The topological polar surface area (TPSA) is 76.3 Å². The summed E-state index contributed by atoms with van der Waals surface area (Å²) < 4.78 is 0. The molecule has 0 aromatic heterocycles. The van der Waals surface area contributed by atoms with Crippen LogP contribution in [0.4, 0.5) is 0 Å². The van der Waals surface area contributed by atoms with Gasteiger partial charge >= 0.3 is 5.79 Å². The fourth-order valence-corrected chi connectivity index (χ4v) is 1.12. The van der Waals surface area contributed by atoms with Gasteiger partial charge in [0.05, 0.1) is 0 Å². The maximum absolute atomic E-state index is 10.9. The summed E-state index contributed by atoms with van der Waals surface area (Å²) in [5.74, 6) is -4.40. The number of rotatable bonds is 1. The second kappa shape index (κ2) is 1.57. The van der Waals surface area contributed by atoms with E-state index >= 15 is 0 Å². The molecule has 58 valence electrons. The number of Topliss-reactive ketones (excluding diaryl/α,β-unsaturated/α-hetero) is 3. The molecule has 5 heteroatoms. The summed E-state index contributed by atoms with van der Waals surface area (Å²) in [6.45, 7) is 1.19. The maximum atomic E-state index is 10.9. The zero-order valence-electron chi connectivity index (χ0n) is 5.62. The molecule has 1 saturated heterocycles. The normalized spacial score (nSPS) is 27.0. The smallest absolute Gasteiger partial charge is 0.299 e. The zero-order valence-corrected chi connectivity index (χ0v) is 5.62. The van der Waals surface area contributed by atoms with E-state index in [0.717, 1.165) is 0 Å².